The van der Waals surface area contributed by atoms with Crippen LogP contribution in [0.3, 0.4) is 0 Å². The van der Waals surface area contributed by atoms with Gasteiger partial charge in [0.2, 0.25) is 5.91 Å². The van der Waals surface area contributed by atoms with Gasteiger partial charge in [-0.1, -0.05) is 0 Å². The standard InChI is InChI=1S/C14H17F2N3O/c15-14(16)8-13(3-6-18-12(13)20)9-19(10-14)7-11-1-4-17-5-2-11/h1-2,4-5H,3,6-10H2,(H,18,20)/t13-/m0/s1. The molecule has 3 heterocycles. The molecule has 0 aliphatic carbocycles. The largest absolute Gasteiger partial charge is 0.356 e. The summed E-state index contributed by atoms with van der Waals surface area (Å²) in [6.45, 7) is 1.03. The van der Waals surface area contributed by atoms with Crippen LogP contribution < -0.4 is 5.32 Å². The van der Waals surface area contributed by atoms with Crippen LogP contribution >= 0.6 is 0 Å². The second kappa shape index (κ2) is 4.77. The number of piperidine rings is 1. The van der Waals surface area contributed by atoms with Crippen LogP contribution in [0.25, 0.3) is 0 Å². The van der Waals surface area contributed by atoms with Crippen molar-refractivity contribution in [3.63, 3.8) is 0 Å². The predicted octanol–water partition coefficient (Wildman–Crippen LogP) is 1.43. The molecule has 0 unspecified atom stereocenters. The predicted molar refractivity (Wildman–Crippen MR) is 69.1 cm³/mol. The molecule has 1 N–H and O–H groups in total. The van der Waals surface area contributed by atoms with Crippen molar-refractivity contribution in [2.45, 2.75) is 25.3 Å². The molecule has 20 heavy (non-hydrogen) atoms. The summed E-state index contributed by atoms with van der Waals surface area (Å²) in [6, 6.07) is 3.63. The second-order valence-electron chi connectivity index (χ2n) is 5.82. The molecular formula is C14H17F2N3O. The SMILES string of the molecule is O=C1NCC[C@]12CN(Cc1ccncc1)CC(F)(F)C2. The number of hydrogen-bond acceptors (Lipinski definition) is 3. The van der Waals surface area contributed by atoms with Gasteiger partial charge in [-0.05, 0) is 24.1 Å². The molecule has 2 aliphatic rings. The van der Waals surface area contributed by atoms with Crippen LogP contribution in [0.4, 0.5) is 8.78 Å². The lowest BCUT2D eigenvalue weighted by molar-refractivity contribution is -0.149. The van der Waals surface area contributed by atoms with Crippen LogP contribution in [0.15, 0.2) is 24.5 Å². The van der Waals surface area contributed by atoms with Crippen molar-refractivity contribution in [1.29, 1.82) is 0 Å². The van der Waals surface area contributed by atoms with Gasteiger partial charge in [0, 0.05) is 38.4 Å². The van der Waals surface area contributed by atoms with E-state index in [2.05, 4.69) is 10.3 Å². The Morgan fingerprint density at radius 3 is 2.70 bits per heavy atom. The van der Waals surface area contributed by atoms with Crippen molar-refractivity contribution in [3.05, 3.63) is 30.1 Å². The van der Waals surface area contributed by atoms with Crippen molar-refractivity contribution in [3.8, 4) is 0 Å². The van der Waals surface area contributed by atoms with Crippen molar-refractivity contribution in [1.82, 2.24) is 15.2 Å². The van der Waals surface area contributed by atoms with Gasteiger partial charge >= 0.3 is 0 Å². The molecule has 1 aromatic rings. The molecule has 0 aromatic carbocycles. The first-order valence-electron chi connectivity index (χ1n) is 6.77. The maximum Gasteiger partial charge on any atom is 0.261 e. The number of aromatic nitrogens is 1. The monoisotopic (exact) mass is 281 g/mol. The number of carbonyl (C=O) groups is 1. The second-order valence-corrected chi connectivity index (χ2v) is 5.82. The van der Waals surface area contributed by atoms with E-state index in [1.807, 2.05) is 12.1 Å². The fourth-order valence-corrected chi connectivity index (χ4v) is 3.31. The number of nitrogens with zero attached hydrogens (tertiary/aromatic N) is 2. The van der Waals surface area contributed by atoms with E-state index in [-0.39, 0.29) is 18.9 Å². The minimum absolute atomic E-state index is 0.225. The molecule has 0 saturated carbocycles. The third-order valence-corrected chi connectivity index (χ3v) is 4.10. The van der Waals surface area contributed by atoms with Crippen LogP contribution in [-0.4, -0.2) is 41.3 Å². The summed E-state index contributed by atoms with van der Waals surface area (Å²) in [6.07, 6.45) is 3.46. The summed E-state index contributed by atoms with van der Waals surface area (Å²) in [4.78, 5) is 17.6. The molecule has 2 fully saturated rings. The van der Waals surface area contributed by atoms with Crippen LogP contribution in [0.1, 0.15) is 18.4 Å². The van der Waals surface area contributed by atoms with Gasteiger partial charge in [0.05, 0.1) is 12.0 Å². The van der Waals surface area contributed by atoms with E-state index in [1.165, 1.54) is 0 Å². The summed E-state index contributed by atoms with van der Waals surface area (Å²) in [5, 5.41) is 2.69. The minimum Gasteiger partial charge on any atom is -0.356 e. The molecule has 4 nitrogen and oxygen atoms in total. The summed E-state index contributed by atoms with van der Waals surface area (Å²) in [5.74, 6) is -3.04. The molecule has 2 saturated heterocycles. The minimum atomic E-state index is -2.81. The van der Waals surface area contributed by atoms with E-state index >= 15 is 0 Å². The Morgan fingerprint density at radius 1 is 1.30 bits per heavy atom. The van der Waals surface area contributed by atoms with Gasteiger partial charge in [-0.2, -0.15) is 0 Å². The summed E-state index contributed by atoms with van der Waals surface area (Å²) in [7, 11) is 0. The van der Waals surface area contributed by atoms with Gasteiger partial charge < -0.3 is 5.32 Å². The molecule has 1 aromatic heterocycles. The van der Waals surface area contributed by atoms with E-state index in [0.29, 0.717) is 26.1 Å². The zero-order valence-electron chi connectivity index (χ0n) is 11.1. The Balaban J connectivity index is 1.80. The third kappa shape index (κ3) is 2.52. The molecule has 2 aliphatic heterocycles. The quantitative estimate of drug-likeness (QED) is 0.892. The molecule has 1 amide bonds. The first-order valence-corrected chi connectivity index (χ1v) is 6.77. The zero-order valence-corrected chi connectivity index (χ0v) is 11.1. The van der Waals surface area contributed by atoms with Crippen molar-refractivity contribution >= 4 is 5.91 Å². The maximum atomic E-state index is 14.0. The molecular weight excluding hydrogens is 264 g/mol. The van der Waals surface area contributed by atoms with Gasteiger partial charge in [0.15, 0.2) is 0 Å². The third-order valence-electron chi connectivity index (χ3n) is 4.10. The van der Waals surface area contributed by atoms with Crippen molar-refractivity contribution in [2.75, 3.05) is 19.6 Å². The molecule has 6 heteroatoms. The van der Waals surface area contributed by atoms with Gasteiger partial charge in [-0.15, -0.1) is 0 Å². The van der Waals surface area contributed by atoms with Gasteiger partial charge in [0.25, 0.3) is 5.92 Å². The topological polar surface area (TPSA) is 45.2 Å². The average Bonchev–Trinajstić information content (AvgIpc) is 2.69. The Labute approximate surface area is 116 Å². The maximum absolute atomic E-state index is 14.0. The fraction of sp³-hybridized carbons (Fsp3) is 0.571. The summed E-state index contributed by atoms with van der Waals surface area (Å²) < 4.78 is 28.0. The number of amides is 1. The normalized spacial score (nSPS) is 29.6. The van der Waals surface area contributed by atoms with Crippen molar-refractivity contribution < 1.29 is 13.6 Å². The lowest BCUT2D eigenvalue weighted by Crippen LogP contribution is -2.54. The number of rotatable bonds is 2. The Morgan fingerprint density at radius 2 is 2.05 bits per heavy atom. The van der Waals surface area contributed by atoms with Crippen LogP contribution in [0.2, 0.25) is 0 Å². The molecule has 0 radical (unpaired) electrons. The zero-order chi connectivity index (χ0) is 14.2. The number of likely N-dealkylation sites (tertiary alicyclic amines) is 1. The lowest BCUT2D eigenvalue weighted by Gasteiger charge is -2.42. The molecule has 1 spiro atoms. The van der Waals surface area contributed by atoms with Crippen LogP contribution in [-0.2, 0) is 11.3 Å². The van der Waals surface area contributed by atoms with E-state index < -0.39 is 11.3 Å². The van der Waals surface area contributed by atoms with Crippen molar-refractivity contribution in [2.24, 2.45) is 5.41 Å². The Hall–Kier alpha value is -1.56. The number of hydrogen-bond donors (Lipinski definition) is 1. The van der Waals surface area contributed by atoms with Gasteiger partial charge in [0.1, 0.15) is 0 Å². The fourth-order valence-electron chi connectivity index (χ4n) is 3.31. The van der Waals surface area contributed by atoms with E-state index in [4.69, 9.17) is 0 Å². The first kappa shape index (κ1) is 13.4. The Bertz CT molecular complexity index is 508. The highest BCUT2D eigenvalue weighted by Crippen LogP contribution is 2.43. The summed E-state index contributed by atoms with van der Waals surface area (Å²) in [5.41, 5.74) is 0.0145. The highest BCUT2D eigenvalue weighted by atomic mass is 19.3. The average molecular weight is 281 g/mol. The van der Waals surface area contributed by atoms with Crippen LogP contribution in [0.5, 0.6) is 0 Å². The molecule has 0 bridgehead atoms. The van der Waals surface area contributed by atoms with E-state index in [0.717, 1.165) is 5.56 Å². The van der Waals surface area contributed by atoms with E-state index in [1.54, 1.807) is 17.3 Å². The van der Waals surface area contributed by atoms with Crippen LogP contribution in [0, 0.1) is 5.41 Å². The van der Waals surface area contributed by atoms with E-state index in [9.17, 15) is 13.6 Å². The molecule has 3 rings (SSSR count). The number of carbonyl (C=O) groups excluding carboxylic acids is 1. The first-order chi connectivity index (χ1) is 9.49. The molecule has 108 valence electrons. The van der Waals surface area contributed by atoms with Gasteiger partial charge in [-0.25, -0.2) is 8.78 Å². The Kier molecular flexibility index (Phi) is 3.20. The summed E-state index contributed by atoms with van der Waals surface area (Å²) >= 11 is 0. The highest BCUT2D eigenvalue weighted by Gasteiger charge is 2.54. The number of halogens is 2. The number of nitrogens with one attached hydrogen (secondary N) is 1. The number of pyridine rings is 1. The van der Waals surface area contributed by atoms with Gasteiger partial charge in [-0.3, -0.25) is 14.7 Å². The highest BCUT2D eigenvalue weighted by molar-refractivity contribution is 5.85. The number of alkyl halides is 2. The lowest BCUT2D eigenvalue weighted by atomic mass is 9.77. The molecule has 1 atom stereocenters. The smallest absolute Gasteiger partial charge is 0.261 e.